The second kappa shape index (κ2) is 5.20. The van der Waals surface area contributed by atoms with Gasteiger partial charge in [0.05, 0.1) is 12.5 Å². The van der Waals surface area contributed by atoms with Crippen LogP contribution in [0.2, 0.25) is 0 Å². The van der Waals surface area contributed by atoms with E-state index in [1.807, 2.05) is 18.2 Å². The van der Waals surface area contributed by atoms with Crippen molar-refractivity contribution < 1.29 is 14.4 Å². The number of carbonyl (C=O) groups is 2. The van der Waals surface area contributed by atoms with Gasteiger partial charge in [0.2, 0.25) is 0 Å². The van der Waals surface area contributed by atoms with Crippen molar-refractivity contribution in [3.8, 4) is 0 Å². The number of benzene rings is 1. The van der Waals surface area contributed by atoms with Crippen molar-refractivity contribution in [3.63, 3.8) is 0 Å². The molecule has 0 aromatic heterocycles. The van der Waals surface area contributed by atoms with Crippen LogP contribution in [0.4, 0.5) is 0 Å². The molecule has 110 valence electrons. The fourth-order valence-corrected chi connectivity index (χ4v) is 2.69. The van der Waals surface area contributed by atoms with Crippen LogP contribution in [0, 0.1) is 5.92 Å². The molecule has 0 spiro atoms. The molecule has 21 heavy (non-hydrogen) atoms. The predicted octanol–water partition coefficient (Wildman–Crippen LogP) is 0.602. The Balaban J connectivity index is 1.73. The Kier molecular flexibility index (Phi) is 3.37. The standard InChI is InChI=1S/C15H17N3O3/c1-17(2)15(20)13-11-8-18(9-12(11)21-16-13)14(19)10-6-4-3-5-7-10/h3-7,11-12H,8-9H2,1-2H3/t11-,12+/m0/s1. The first-order chi connectivity index (χ1) is 10.1. The Morgan fingerprint density at radius 3 is 2.62 bits per heavy atom. The Bertz CT molecular complexity index is 597. The molecule has 0 unspecified atom stereocenters. The van der Waals surface area contributed by atoms with Gasteiger partial charge in [-0.3, -0.25) is 9.59 Å². The summed E-state index contributed by atoms with van der Waals surface area (Å²) in [6.45, 7) is 0.933. The predicted molar refractivity (Wildman–Crippen MR) is 76.8 cm³/mol. The molecule has 1 saturated heterocycles. The molecule has 3 rings (SSSR count). The maximum atomic E-state index is 12.4. The number of nitrogens with zero attached hydrogens (tertiary/aromatic N) is 3. The van der Waals surface area contributed by atoms with E-state index in [2.05, 4.69) is 5.16 Å². The van der Waals surface area contributed by atoms with Gasteiger partial charge in [-0.2, -0.15) is 0 Å². The maximum Gasteiger partial charge on any atom is 0.271 e. The van der Waals surface area contributed by atoms with Crippen molar-refractivity contribution in [2.24, 2.45) is 11.1 Å². The van der Waals surface area contributed by atoms with E-state index in [0.717, 1.165) is 0 Å². The largest absolute Gasteiger partial charge is 0.389 e. The van der Waals surface area contributed by atoms with Gasteiger partial charge in [0.25, 0.3) is 11.8 Å². The fourth-order valence-electron chi connectivity index (χ4n) is 2.69. The summed E-state index contributed by atoms with van der Waals surface area (Å²) in [7, 11) is 3.36. The molecule has 6 heteroatoms. The van der Waals surface area contributed by atoms with Crippen molar-refractivity contribution in [1.82, 2.24) is 9.80 Å². The van der Waals surface area contributed by atoms with Gasteiger partial charge in [-0.05, 0) is 12.1 Å². The zero-order valence-electron chi connectivity index (χ0n) is 12.0. The Hall–Kier alpha value is -2.37. The number of amides is 2. The summed E-state index contributed by atoms with van der Waals surface area (Å²) >= 11 is 0. The minimum atomic E-state index is -0.212. The third kappa shape index (κ3) is 2.37. The summed E-state index contributed by atoms with van der Waals surface area (Å²) in [5, 5.41) is 3.90. The second-order valence-electron chi connectivity index (χ2n) is 5.50. The average molecular weight is 287 g/mol. The number of hydrogen-bond acceptors (Lipinski definition) is 4. The molecule has 2 atom stereocenters. The second-order valence-corrected chi connectivity index (χ2v) is 5.50. The van der Waals surface area contributed by atoms with Crippen molar-refractivity contribution in [1.29, 1.82) is 0 Å². The molecule has 2 aliphatic rings. The molecule has 2 heterocycles. The molecule has 2 aliphatic heterocycles. The lowest BCUT2D eigenvalue weighted by atomic mass is 10.00. The van der Waals surface area contributed by atoms with Crippen molar-refractivity contribution >= 4 is 17.5 Å². The van der Waals surface area contributed by atoms with Gasteiger partial charge in [0.1, 0.15) is 0 Å². The lowest BCUT2D eigenvalue weighted by molar-refractivity contribution is -0.122. The molecule has 0 bridgehead atoms. The van der Waals surface area contributed by atoms with E-state index in [-0.39, 0.29) is 23.8 Å². The van der Waals surface area contributed by atoms with Gasteiger partial charge in [-0.1, -0.05) is 23.4 Å². The van der Waals surface area contributed by atoms with E-state index >= 15 is 0 Å². The molecular weight excluding hydrogens is 270 g/mol. The molecule has 1 aromatic rings. The molecule has 0 saturated carbocycles. The minimum Gasteiger partial charge on any atom is -0.389 e. The smallest absolute Gasteiger partial charge is 0.271 e. The highest BCUT2D eigenvalue weighted by Gasteiger charge is 2.46. The van der Waals surface area contributed by atoms with E-state index in [1.165, 1.54) is 4.90 Å². The van der Waals surface area contributed by atoms with Gasteiger partial charge in [0, 0.05) is 26.2 Å². The number of hydrogen-bond donors (Lipinski definition) is 0. The summed E-state index contributed by atoms with van der Waals surface area (Å²) in [5.74, 6) is -0.325. The number of rotatable bonds is 2. The fraction of sp³-hybridized carbons (Fsp3) is 0.400. The van der Waals surface area contributed by atoms with Crippen LogP contribution in [-0.4, -0.2) is 60.6 Å². The van der Waals surface area contributed by atoms with Crippen LogP contribution in [0.25, 0.3) is 0 Å². The van der Waals surface area contributed by atoms with E-state index in [1.54, 1.807) is 31.1 Å². The first-order valence-corrected chi connectivity index (χ1v) is 6.87. The monoisotopic (exact) mass is 287 g/mol. The van der Waals surface area contributed by atoms with Crippen molar-refractivity contribution in [2.45, 2.75) is 6.10 Å². The van der Waals surface area contributed by atoms with Gasteiger partial charge >= 0.3 is 0 Å². The molecule has 1 fully saturated rings. The van der Waals surface area contributed by atoms with E-state index < -0.39 is 0 Å². The Morgan fingerprint density at radius 2 is 1.95 bits per heavy atom. The zero-order chi connectivity index (χ0) is 15.0. The summed E-state index contributed by atoms with van der Waals surface area (Å²) in [6.07, 6.45) is -0.212. The normalized spacial score (nSPS) is 23.3. The molecule has 0 radical (unpaired) electrons. The molecular formula is C15H17N3O3. The number of fused-ring (bicyclic) bond motifs is 1. The summed E-state index contributed by atoms with van der Waals surface area (Å²) in [4.78, 5) is 33.0. The van der Waals surface area contributed by atoms with Crippen LogP contribution < -0.4 is 0 Å². The van der Waals surface area contributed by atoms with Gasteiger partial charge in [0.15, 0.2) is 11.8 Å². The van der Waals surface area contributed by atoms with Crippen LogP contribution in [-0.2, 0) is 9.63 Å². The highest BCUT2D eigenvalue weighted by molar-refractivity contribution is 6.40. The SMILES string of the molecule is CN(C)C(=O)C1=NO[C@@H]2CN(C(=O)c3ccccc3)C[C@H]12. The van der Waals surface area contributed by atoms with Crippen LogP contribution >= 0.6 is 0 Å². The Labute approximate surface area is 123 Å². The summed E-state index contributed by atoms with van der Waals surface area (Å²) < 4.78 is 0. The van der Waals surface area contributed by atoms with Gasteiger partial charge < -0.3 is 14.6 Å². The zero-order valence-corrected chi connectivity index (χ0v) is 12.0. The number of likely N-dealkylation sites (tertiary alicyclic amines) is 1. The van der Waals surface area contributed by atoms with Crippen LogP contribution in [0.3, 0.4) is 0 Å². The molecule has 2 amide bonds. The summed E-state index contributed by atoms with van der Waals surface area (Å²) in [5.41, 5.74) is 1.06. The van der Waals surface area contributed by atoms with Crippen LogP contribution in [0.5, 0.6) is 0 Å². The average Bonchev–Trinajstić information content (AvgIpc) is 3.06. The number of carbonyl (C=O) groups excluding carboxylic acids is 2. The van der Waals surface area contributed by atoms with E-state index in [4.69, 9.17) is 4.84 Å². The van der Waals surface area contributed by atoms with Crippen LogP contribution in [0.1, 0.15) is 10.4 Å². The van der Waals surface area contributed by atoms with Crippen molar-refractivity contribution in [2.75, 3.05) is 27.2 Å². The number of oxime groups is 1. The van der Waals surface area contributed by atoms with Crippen LogP contribution in [0.15, 0.2) is 35.5 Å². The third-order valence-corrected chi connectivity index (χ3v) is 3.84. The Morgan fingerprint density at radius 1 is 1.24 bits per heavy atom. The van der Waals surface area contributed by atoms with Gasteiger partial charge in [-0.15, -0.1) is 0 Å². The highest BCUT2D eigenvalue weighted by atomic mass is 16.6. The summed E-state index contributed by atoms with van der Waals surface area (Å²) in [6, 6.07) is 9.12. The topological polar surface area (TPSA) is 62.2 Å². The van der Waals surface area contributed by atoms with Gasteiger partial charge in [-0.25, -0.2) is 0 Å². The molecule has 6 nitrogen and oxygen atoms in total. The highest BCUT2D eigenvalue weighted by Crippen LogP contribution is 2.28. The molecule has 0 aliphatic carbocycles. The van der Waals surface area contributed by atoms with E-state index in [0.29, 0.717) is 24.4 Å². The van der Waals surface area contributed by atoms with Crippen molar-refractivity contribution in [3.05, 3.63) is 35.9 Å². The lowest BCUT2D eigenvalue weighted by Gasteiger charge is -2.17. The minimum absolute atomic E-state index is 0.0368. The van der Waals surface area contributed by atoms with E-state index in [9.17, 15) is 9.59 Å². The maximum absolute atomic E-state index is 12.4. The quantitative estimate of drug-likeness (QED) is 0.800. The molecule has 0 N–H and O–H groups in total. The first-order valence-electron chi connectivity index (χ1n) is 6.87. The first kappa shape index (κ1) is 13.6. The molecule has 1 aromatic carbocycles. The third-order valence-electron chi connectivity index (χ3n) is 3.84. The lowest BCUT2D eigenvalue weighted by Crippen LogP contribution is -2.36.